The lowest BCUT2D eigenvalue weighted by Gasteiger charge is -2.22. The van der Waals surface area contributed by atoms with E-state index in [1.54, 1.807) is 12.1 Å². The van der Waals surface area contributed by atoms with E-state index in [1.165, 1.54) is 6.07 Å². The van der Waals surface area contributed by atoms with Crippen molar-refractivity contribution in [2.45, 2.75) is 16.9 Å². The largest absolute Gasteiger partial charge is 0.396 e. The summed E-state index contributed by atoms with van der Waals surface area (Å²) in [7, 11) is -3.36. The molecule has 0 spiro atoms. The van der Waals surface area contributed by atoms with E-state index in [4.69, 9.17) is 10.5 Å². The van der Waals surface area contributed by atoms with E-state index in [2.05, 4.69) is 5.32 Å². The fourth-order valence-corrected chi connectivity index (χ4v) is 2.85. The average Bonchev–Trinajstić information content (AvgIpc) is 2.74. The number of anilines is 2. The van der Waals surface area contributed by atoms with Crippen LogP contribution < -0.4 is 11.1 Å². The van der Waals surface area contributed by atoms with Crippen molar-refractivity contribution in [2.24, 2.45) is 0 Å². The topological polar surface area (TPSA) is 102 Å². The van der Waals surface area contributed by atoms with E-state index >= 15 is 0 Å². The van der Waals surface area contributed by atoms with Crippen molar-refractivity contribution in [1.29, 1.82) is 0 Å². The first-order valence-corrected chi connectivity index (χ1v) is 7.83. The van der Waals surface area contributed by atoms with E-state index in [9.17, 15) is 13.5 Å². The first-order valence-electron chi connectivity index (χ1n) is 5.94. The summed E-state index contributed by atoms with van der Waals surface area (Å²) < 4.78 is 28.2. The zero-order valence-corrected chi connectivity index (χ0v) is 11.5. The van der Waals surface area contributed by atoms with Crippen LogP contribution in [0.25, 0.3) is 0 Å². The number of benzene rings is 1. The van der Waals surface area contributed by atoms with Crippen LogP contribution in [0.15, 0.2) is 23.1 Å². The van der Waals surface area contributed by atoms with Crippen LogP contribution in [0.1, 0.15) is 6.42 Å². The minimum absolute atomic E-state index is 0.0900. The fraction of sp³-hybridized carbons (Fsp3) is 0.500. The van der Waals surface area contributed by atoms with Crippen molar-refractivity contribution in [3.8, 4) is 0 Å². The Hall–Kier alpha value is -1.31. The molecule has 0 aromatic heterocycles. The van der Waals surface area contributed by atoms with E-state index in [1.807, 2.05) is 0 Å². The van der Waals surface area contributed by atoms with Gasteiger partial charge in [-0.3, -0.25) is 0 Å². The molecule has 106 valence electrons. The molecule has 0 radical (unpaired) electrons. The van der Waals surface area contributed by atoms with Crippen molar-refractivity contribution >= 4 is 21.2 Å². The molecule has 0 saturated carbocycles. The summed E-state index contributed by atoms with van der Waals surface area (Å²) >= 11 is 0. The molecule has 19 heavy (non-hydrogen) atoms. The third kappa shape index (κ3) is 3.17. The Morgan fingerprint density at radius 3 is 2.84 bits per heavy atom. The van der Waals surface area contributed by atoms with Crippen molar-refractivity contribution in [3.63, 3.8) is 0 Å². The lowest BCUT2D eigenvalue weighted by atomic mass is 10.0. The SMILES string of the molecule is CS(=O)(=O)c1cccc(NCC2(O)CCOC2)c1N. The zero-order chi connectivity index (χ0) is 14.1. The smallest absolute Gasteiger partial charge is 0.177 e. The van der Waals surface area contributed by atoms with Gasteiger partial charge in [0.15, 0.2) is 9.84 Å². The maximum Gasteiger partial charge on any atom is 0.177 e. The molecule has 0 amide bonds. The predicted octanol–water partition coefficient (Wildman–Crippen LogP) is 0.236. The molecule has 4 N–H and O–H groups in total. The van der Waals surface area contributed by atoms with Gasteiger partial charge >= 0.3 is 0 Å². The number of nitrogen functional groups attached to an aromatic ring is 1. The molecule has 2 rings (SSSR count). The normalized spacial score (nSPS) is 23.5. The summed E-state index contributed by atoms with van der Waals surface area (Å²) in [6.07, 6.45) is 1.66. The Bertz CT molecular complexity index is 565. The number of rotatable bonds is 4. The van der Waals surface area contributed by atoms with Crippen LogP contribution in [0.3, 0.4) is 0 Å². The minimum atomic E-state index is -3.36. The number of sulfone groups is 1. The van der Waals surface area contributed by atoms with Crippen LogP contribution in [-0.4, -0.2) is 45.1 Å². The van der Waals surface area contributed by atoms with Gasteiger partial charge in [0.1, 0.15) is 5.60 Å². The summed E-state index contributed by atoms with van der Waals surface area (Å²) in [6, 6.07) is 4.76. The van der Waals surface area contributed by atoms with Crippen molar-refractivity contribution in [3.05, 3.63) is 18.2 Å². The molecule has 1 unspecified atom stereocenters. The Morgan fingerprint density at radius 1 is 1.53 bits per heavy atom. The van der Waals surface area contributed by atoms with Crippen LogP contribution in [0.5, 0.6) is 0 Å². The molecule has 0 aliphatic carbocycles. The molecule has 6 nitrogen and oxygen atoms in total. The third-order valence-electron chi connectivity index (χ3n) is 3.16. The number of hydrogen-bond donors (Lipinski definition) is 3. The van der Waals surface area contributed by atoms with Crippen molar-refractivity contribution < 1.29 is 18.3 Å². The van der Waals surface area contributed by atoms with Gasteiger partial charge in [-0.1, -0.05) is 6.07 Å². The van der Waals surface area contributed by atoms with Crippen molar-refractivity contribution in [1.82, 2.24) is 0 Å². The minimum Gasteiger partial charge on any atom is -0.396 e. The number of ether oxygens (including phenoxy) is 1. The quantitative estimate of drug-likeness (QED) is 0.685. The fourth-order valence-electron chi connectivity index (χ4n) is 2.02. The molecule has 7 heteroatoms. The van der Waals surface area contributed by atoms with Crippen LogP contribution in [0, 0.1) is 0 Å². The standard InChI is InChI=1S/C12H18N2O4S/c1-19(16,17)10-4-2-3-9(11(10)13)14-7-12(15)5-6-18-8-12/h2-4,14-15H,5-8,13H2,1H3. The molecule has 1 aliphatic rings. The zero-order valence-electron chi connectivity index (χ0n) is 10.7. The molecule has 1 heterocycles. The summed E-state index contributed by atoms with van der Waals surface area (Å²) in [5.41, 5.74) is 5.60. The van der Waals surface area contributed by atoms with Gasteiger partial charge < -0.3 is 20.9 Å². The second kappa shape index (κ2) is 4.99. The highest BCUT2D eigenvalue weighted by Gasteiger charge is 2.32. The Labute approximate surface area is 112 Å². The highest BCUT2D eigenvalue weighted by atomic mass is 32.2. The predicted molar refractivity (Wildman–Crippen MR) is 72.8 cm³/mol. The monoisotopic (exact) mass is 286 g/mol. The number of hydrogen-bond acceptors (Lipinski definition) is 6. The lowest BCUT2D eigenvalue weighted by Crippen LogP contribution is -2.37. The summed E-state index contributed by atoms with van der Waals surface area (Å²) in [4.78, 5) is 0.0900. The van der Waals surface area contributed by atoms with Crippen LogP contribution in [0.4, 0.5) is 11.4 Å². The maximum atomic E-state index is 11.6. The Balaban J connectivity index is 2.17. The second-order valence-electron chi connectivity index (χ2n) is 4.87. The molecule has 1 fully saturated rings. The average molecular weight is 286 g/mol. The van der Waals surface area contributed by atoms with Gasteiger partial charge in [0.25, 0.3) is 0 Å². The molecular formula is C12H18N2O4S. The van der Waals surface area contributed by atoms with Gasteiger partial charge in [-0.05, 0) is 12.1 Å². The summed E-state index contributed by atoms with van der Waals surface area (Å²) in [5, 5.41) is 13.1. The highest BCUT2D eigenvalue weighted by molar-refractivity contribution is 7.90. The number of para-hydroxylation sites is 1. The summed E-state index contributed by atoms with van der Waals surface area (Å²) in [5.74, 6) is 0. The molecular weight excluding hydrogens is 268 g/mol. The number of nitrogens with one attached hydrogen (secondary N) is 1. The number of aliphatic hydroxyl groups is 1. The van der Waals surface area contributed by atoms with Crippen LogP contribution in [0.2, 0.25) is 0 Å². The Morgan fingerprint density at radius 2 is 2.26 bits per heavy atom. The van der Waals surface area contributed by atoms with E-state index < -0.39 is 15.4 Å². The molecule has 1 aromatic rings. The van der Waals surface area contributed by atoms with Gasteiger partial charge in [-0.2, -0.15) is 0 Å². The molecule has 1 aliphatic heterocycles. The van der Waals surface area contributed by atoms with Gasteiger partial charge in [-0.25, -0.2) is 8.42 Å². The third-order valence-corrected chi connectivity index (χ3v) is 4.31. The van der Waals surface area contributed by atoms with Crippen LogP contribution >= 0.6 is 0 Å². The molecule has 1 atom stereocenters. The second-order valence-corrected chi connectivity index (χ2v) is 6.85. The summed E-state index contributed by atoms with van der Waals surface area (Å²) in [6.45, 7) is 1.06. The van der Waals surface area contributed by atoms with Crippen molar-refractivity contribution in [2.75, 3.05) is 37.1 Å². The van der Waals surface area contributed by atoms with E-state index in [0.717, 1.165) is 6.26 Å². The Kier molecular flexibility index (Phi) is 3.71. The molecule has 0 bridgehead atoms. The van der Waals surface area contributed by atoms with E-state index in [0.29, 0.717) is 18.7 Å². The maximum absolute atomic E-state index is 11.6. The van der Waals surface area contributed by atoms with Gasteiger partial charge in [-0.15, -0.1) is 0 Å². The first kappa shape index (κ1) is 14.1. The van der Waals surface area contributed by atoms with E-state index in [-0.39, 0.29) is 23.7 Å². The molecule has 1 aromatic carbocycles. The molecule has 1 saturated heterocycles. The van der Waals surface area contributed by atoms with Crippen LogP contribution in [-0.2, 0) is 14.6 Å². The first-order chi connectivity index (χ1) is 8.82. The van der Waals surface area contributed by atoms with Gasteiger partial charge in [0, 0.05) is 25.8 Å². The highest BCUT2D eigenvalue weighted by Crippen LogP contribution is 2.28. The van der Waals surface area contributed by atoms with Gasteiger partial charge in [0.2, 0.25) is 0 Å². The van der Waals surface area contributed by atoms with Gasteiger partial charge in [0.05, 0.1) is 22.9 Å². The lowest BCUT2D eigenvalue weighted by molar-refractivity contribution is 0.0382. The number of nitrogens with two attached hydrogens (primary N) is 1.